The standard InChI is InChI=1S/C16H22FN3O6S/c1-16(2,3)26-15(22)19-18-14(21)12-10-11(4-5-13(12)17)27(23,24)20-6-8-25-9-7-20/h4-5,10H,6-9H2,1-3H3,(H,18,21)(H,19,22). The van der Waals surface area contributed by atoms with Gasteiger partial charge in [-0.2, -0.15) is 4.31 Å². The first-order valence-electron chi connectivity index (χ1n) is 8.17. The van der Waals surface area contributed by atoms with Crippen molar-refractivity contribution in [1.29, 1.82) is 0 Å². The number of sulfonamides is 1. The van der Waals surface area contributed by atoms with Crippen molar-refractivity contribution in [3.63, 3.8) is 0 Å². The van der Waals surface area contributed by atoms with Crippen LogP contribution in [0.5, 0.6) is 0 Å². The van der Waals surface area contributed by atoms with Crippen molar-refractivity contribution in [2.45, 2.75) is 31.3 Å². The fourth-order valence-corrected chi connectivity index (χ4v) is 3.69. The summed E-state index contributed by atoms with van der Waals surface area (Å²) in [5.41, 5.74) is 2.66. The Morgan fingerprint density at radius 3 is 2.41 bits per heavy atom. The molecule has 0 spiro atoms. The van der Waals surface area contributed by atoms with Crippen LogP contribution in [0.15, 0.2) is 23.1 Å². The number of carbonyl (C=O) groups excluding carboxylic acids is 2. The number of morpholine rings is 1. The summed E-state index contributed by atoms with van der Waals surface area (Å²) < 4.78 is 50.5. The second kappa shape index (κ2) is 8.19. The second-order valence-corrected chi connectivity index (χ2v) is 8.68. The van der Waals surface area contributed by atoms with Crippen LogP contribution >= 0.6 is 0 Å². The maximum atomic E-state index is 14.0. The van der Waals surface area contributed by atoms with Crippen LogP contribution in [-0.2, 0) is 19.5 Å². The maximum absolute atomic E-state index is 14.0. The van der Waals surface area contributed by atoms with Crippen molar-refractivity contribution in [2.24, 2.45) is 0 Å². The lowest BCUT2D eigenvalue weighted by Gasteiger charge is -2.26. The lowest BCUT2D eigenvalue weighted by molar-refractivity contribution is 0.0483. The van der Waals surface area contributed by atoms with E-state index in [-0.39, 0.29) is 31.2 Å². The maximum Gasteiger partial charge on any atom is 0.426 e. The Balaban J connectivity index is 2.14. The lowest BCUT2D eigenvalue weighted by atomic mass is 10.2. The van der Waals surface area contributed by atoms with E-state index in [0.29, 0.717) is 0 Å². The van der Waals surface area contributed by atoms with E-state index in [2.05, 4.69) is 0 Å². The summed E-state index contributed by atoms with van der Waals surface area (Å²) in [6, 6.07) is 2.89. The molecule has 0 unspecified atom stereocenters. The van der Waals surface area contributed by atoms with E-state index in [1.54, 1.807) is 20.8 Å². The highest BCUT2D eigenvalue weighted by Crippen LogP contribution is 2.20. The summed E-state index contributed by atoms with van der Waals surface area (Å²) in [6.07, 6.45) is -0.937. The Morgan fingerprint density at radius 2 is 1.81 bits per heavy atom. The van der Waals surface area contributed by atoms with Crippen LogP contribution in [0.25, 0.3) is 0 Å². The number of hydrogen-bond donors (Lipinski definition) is 2. The van der Waals surface area contributed by atoms with Gasteiger partial charge < -0.3 is 9.47 Å². The Kier molecular flexibility index (Phi) is 6.39. The zero-order chi connectivity index (χ0) is 20.2. The van der Waals surface area contributed by atoms with E-state index < -0.39 is 39.0 Å². The number of amides is 2. The van der Waals surface area contributed by atoms with Crippen molar-refractivity contribution in [1.82, 2.24) is 15.2 Å². The molecule has 1 heterocycles. The highest BCUT2D eigenvalue weighted by Gasteiger charge is 2.28. The van der Waals surface area contributed by atoms with Gasteiger partial charge in [0.25, 0.3) is 5.91 Å². The largest absolute Gasteiger partial charge is 0.443 e. The average Bonchev–Trinajstić information content (AvgIpc) is 2.59. The van der Waals surface area contributed by atoms with Gasteiger partial charge in [0.05, 0.1) is 23.7 Å². The molecule has 1 aromatic carbocycles. The van der Waals surface area contributed by atoms with E-state index in [1.165, 1.54) is 4.31 Å². The zero-order valence-electron chi connectivity index (χ0n) is 15.2. The van der Waals surface area contributed by atoms with Gasteiger partial charge in [-0.05, 0) is 39.0 Å². The third kappa shape index (κ3) is 5.62. The number of hydrazine groups is 1. The molecule has 2 rings (SSSR count). The Labute approximate surface area is 156 Å². The van der Waals surface area contributed by atoms with Gasteiger partial charge in [0, 0.05) is 13.1 Å². The zero-order valence-corrected chi connectivity index (χ0v) is 16.1. The number of halogens is 1. The fourth-order valence-electron chi connectivity index (χ4n) is 2.25. The quantitative estimate of drug-likeness (QED) is 0.729. The predicted octanol–water partition coefficient (Wildman–Crippen LogP) is 1.02. The summed E-state index contributed by atoms with van der Waals surface area (Å²) in [7, 11) is -3.90. The first-order valence-corrected chi connectivity index (χ1v) is 9.61. The van der Waals surface area contributed by atoms with Crippen LogP contribution in [0.2, 0.25) is 0 Å². The smallest absolute Gasteiger partial charge is 0.426 e. The molecule has 150 valence electrons. The minimum atomic E-state index is -3.90. The summed E-state index contributed by atoms with van der Waals surface area (Å²) in [4.78, 5) is 23.5. The second-order valence-electron chi connectivity index (χ2n) is 6.74. The highest BCUT2D eigenvalue weighted by molar-refractivity contribution is 7.89. The molecule has 2 N–H and O–H groups in total. The molecule has 0 aliphatic carbocycles. The molecule has 1 aromatic rings. The molecule has 1 aliphatic rings. The van der Waals surface area contributed by atoms with Crippen LogP contribution in [0.4, 0.5) is 9.18 Å². The van der Waals surface area contributed by atoms with Gasteiger partial charge in [-0.15, -0.1) is 0 Å². The van der Waals surface area contributed by atoms with E-state index in [0.717, 1.165) is 18.2 Å². The number of carbonyl (C=O) groups is 2. The molecule has 0 atom stereocenters. The van der Waals surface area contributed by atoms with Crippen molar-refractivity contribution >= 4 is 22.0 Å². The molecule has 1 aliphatic heterocycles. The minimum Gasteiger partial charge on any atom is -0.443 e. The summed E-state index contributed by atoms with van der Waals surface area (Å²) >= 11 is 0. The number of hydrogen-bond acceptors (Lipinski definition) is 6. The molecular weight excluding hydrogens is 381 g/mol. The van der Waals surface area contributed by atoms with E-state index >= 15 is 0 Å². The molecule has 0 aromatic heterocycles. The number of benzene rings is 1. The van der Waals surface area contributed by atoms with Crippen molar-refractivity contribution in [3.8, 4) is 0 Å². The van der Waals surface area contributed by atoms with Crippen molar-refractivity contribution in [2.75, 3.05) is 26.3 Å². The van der Waals surface area contributed by atoms with E-state index in [4.69, 9.17) is 9.47 Å². The third-order valence-corrected chi connectivity index (χ3v) is 5.36. The van der Waals surface area contributed by atoms with Gasteiger partial charge in [0.15, 0.2) is 0 Å². The number of rotatable bonds is 3. The summed E-state index contributed by atoms with van der Waals surface area (Å²) in [5.74, 6) is -1.95. The summed E-state index contributed by atoms with van der Waals surface area (Å²) in [6.45, 7) is 5.75. The first-order chi connectivity index (χ1) is 12.5. The van der Waals surface area contributed by atoms with Crippen molar-refractivity contribution < 1.29 is 31.9 Å². The van der Waals surface area contributed by atoms with Crippen LogP contribution in [0, 0.1) is 5.82 Å². The normalized spacial score (nSPS) is 15.9. The van der Waals surface area contributed by atoms with Gasteiger partial charge in [-0.25, -0.2) is 23.0 Å². The number of nitrogens with zero attached hydrogens (tertiary/aromatic N) is 1. The molecule has 2 amide bonds. The minimum absolute atomic E-state index is 0.168. The van der Waals surface area contributed by atoms with Crippen LogP contribution < -0.4 is 10.9 Å². The molecule has 9 nitrogen and oxygen atoms in total. The Hall–Kier alpha value is -2.24. The molecule has 0 bridgehead atoms. The van der Waals surface area contributed by atoms with Crippen molar-refractivity contribution in [3.05, 3.63) is 29.6 Å². The molecule has 1 saturated heterocycles. The molecule has 11 heteroatoms. The highest BCUT2D eigenvalue weighted by atomic mass is 32.2. The molecule has 27 heavy (non-hydrogen) atoms. The Morgan fingerprint density at radius 1 is 1.19 bits per heavy atom. The third-order valence-electron chi connectivity index (χ3n) is 3.47. The Bertz CT molecular complexity index is 816. The van der Waals surface area contributed by atoms with Crippen LogP contribution in [0.3, 0.4) is 0 Å². The first kappa shape index (κ1) is 21.1. The lowest BCUT2D eigenvalue weighted by Crippen LogP contribution is -2.44. The average molecular weight is 403 g/mol. The predicted molar refractivity (Wildman–Crippen MR) is 92.8 cm³/mol. The van der Waals surface area contributed by atoms with Gasteiger partial charge in [-0.1, -0.05) is 0 Å². The molecular formula is C16H22FN3O6S. The topological polar surface area (TPSA) is 114 Å². The van der Waals surface area contributed by atoms with Crippen LogP contribution in [0.1, 0.15) is 31.1 Å². The van der Waals surface area contributed by atoms with Crippen LogP contribution in [-0.4, -0.2) is 56.6 Å². The van der Waals surface area contributed by atoms with Gasteiger partial charge >= 0.3 is 6.09 Å². The number of ether oxygens (including phenoxy) is 2. The summed E-state index contributed by atoms with van der Waals surface area (Å²) in [5, 5.41) is 0. The monoisotopic (exact) mass is 403 g/mol. The van der Waals surface area contributed by atoms with Gasteiger partial charge in [-0.3, -0.25) is 10.2 Å². The number of nitrogens with one attached hydrogen (secondary N) is 2. The van der Waals surface area contributed by atoms with Gasteiger partial charge in [0.2, 0.25) is 10.0 Å². The molecule has 0 saturated carbocycles. The molecule has 1 fully saturated rings. The fraction of sp³-hybridized carbons (Fsp3) is 0.500. The van der Waals surface area contributed by atoms with E-state index in [9.17, 15) is 22.4 Å². The van der Waals surface area contributed by atoms with E-state index in [1.807, 2.05) is 10.9 Å². The SMILES string of the molecule is CC(C)(C)OC(=O)NNC(=O)c1cc(S(=O)(=O)N2CCOCC2)ccc1F. The van der Waals surface area contributed by atoms with Gasteiger partial charge in [0.1, 0.15) is 11.4 Å². The molecule has 0 radical (unpaired) electrons.